The maximum Gasteiger partial charge on any atom is 0.268 e. The van der Waals surface area contributed by atoms with E-state index in [2.05, 4.69) is 5.10 Å². The van der Waals surface area contributed by atoms with Crippen LogP contribution >= 0.6 is 0 Å². The average Bonchev–Trinajstić information content (AvgIpc) is 2.15. The lowest BCUT2D eigenvalue weighted by Gasteiger charge is -2.04. The largest absolute Gasteiger partial charge is 0.397 e. The minimum atomic E-state index is -0.190. The van der Waals surface area contributed by atoms with E-state index in [-0.39, 0.29) is 5.56 Å². The second-order valence-electron chi connectivity index (χ2n) is 2.96. The first kappa shape index (κ1) is 10.7. The van der Waals surface area contributed by atoms with Crippen molar-refractivity contribution in [3.63, 3.8) is 0 Å². The average molecular weight is 197 g/mol. The minimum Gasteiger partial charge on any atom is -0.397 e. The first-order valence-electron chi connectivity index (χ1n) is 4.64. The van der Waals surface area contributed by atoms with Crippen LogP contribution in [0.3, 0.4) is 0 Å². The fraction of sp³-hybridized carbons (Fsp3) is 0.556. The Morgan fingerprint density at radius 3 is 3.00 bits per heavy atom. The predicted molar refractivity (Wildman–Crippen MR) is 54.0 cm³/mol. The monoisotopic (exact) mass is 197 g/mol. The lowest BCUT2D eigenvalue weighted by atomic mass is 10.5. The van der Waals surface area contributed by atoms with Gasteiger partial charge in [-0.15, -0.1) is 0 Å². The maximum atomic E-state index is 11.3. The van der Waals surface area contributed by atoms with E-state index in [1.807, 2.05) is 6.92 Å². The number of aromatic nitrogens is 2. The van der Waals surface area contributed by atoms with Gasteiger partial charge in [0.15, 0.2) is 0 Å². The Bertz CT molecular complexity index is 335. The molecule has 1 aromatic rings. The Morgan fingerprint density at radius 1 is 1.57 bits per heavy atom. The fourth-order valence-corrected chi connectivity index (χ4v) is 1.01. The first-order valence-corrected chi connectivity index (χ1v) is 4.64. The van der Waals surface area contributed by atoms with Crippen molar-refractivity contribution < 1.29 is 4.74 Å². The number of nitrogens with two attached hydrogens (primary N) is 1. The molecule has 0 aromatic carbocycles. The number of hydrogen-bond acceptors (Lipinski definition) is 4. The van der Waals surface area contributed by atoms with Crippen molar-refractivity contribution in [2.24, 2.45) is 0 Å². The highest BCUT2D eigenvalue weighted by Gasteiger charge is 1.97. The molecule has 1 heterocycles. The lowest BCUT2D eigenvalue weighted by Crippen LogP contribution is -2.24. The van der Waals surface area contributed by atoms with Gasteiger partial charge in [-0.25, -0.2) is 4.68 Å². The van der Waals surface area contributed by atoms with Gasteiger partial charge in [0.2, 0.25) is 0 Å². The van der Waals surface area contributed by atoms with Gasteiger partial charge in [0.25, 0.3) is 5.56 Å². The van der Waals surface area contributed by atoms with Crippen LogP contribution in [0.5, 0.6) is 0 Å². The zero-order chi connectivity index (χ0) is 10.4. The first-order chi connectivity index (χ1) is 6.74. The third-order valence-electron chi connectivity index (χ3n) is 1.69. The maximum absolute atomic E-state index is 11.3. The third kappa shape index (κ3) is 3.18. The van der Waals surface area contributed by atoms with Gasteiger partial charge in [0, 0.05) is 12.7 Å². The molecular weight excluding hydrogens is 182 g/mol. The predicted octanol–water partition coefficient (Wildman–Crippen LogP) is 0.252. The molecule has 5 nitrogen and oxygen atoms in total. The smallest absolute Gasteiger partial charge is 0.268 e. The van der Waals surface area contributed by atoms with Gasteiger partial charge in [-0.1, -0.05) is 6.92 Å². The summed E-state index contributed by atoms with van der Waals surface area (Å²) >= 11 is 0. The molecule has 0 aliphatic rings. The van der Waals surface area contributed by atoms with Crippen LogP contribution in [0.1, 0.15) is 13.3 Å². The molecule has 1 rings (SSSR count). The van der Waals surface area contributed by atoms with E-state index in [0.29, 0.717) is 25.4 Å². The van der Waals surface area contributed by atoms with Gasteiger partial charge >= 0.3 is 0 Å². The number of ether oxygens (including phenoxy) is 1. The van der Waals surface area contributed by atoms with Crippen LogP contribution in [0.2, 0.25) is 0 Å². The molecule has 0 amide bonds. The molecular formula is C9H15N3O2. The Balaban J connectivity index is 2.47. The molecule has 0 aliphatic carbocycles. The van der Waals surface area contributed by atoms with E-state index in [4.69, 9.17) is 10.5 Å². The zero-order valence-corrected chi connectivity index (χ0v) is 8.27. The van der Waals surface area contributed by atoms with Gasteiger partial charge in [0.1, 0.15) is 0 Å². The summed E-state index contributed by atoms with van der Waals surface area (Å²) in [5.41, 5.74) is 5.60. The van der Waals surface area contributed by atoms with E-state index in [1.165, 1.54) is 16.9 Å². The van der Waals surface area contributed by atoms with Crippen molar-refractivity contribution in [3.05, 3.63) is 22.6 Å². The molecule has 0 bridgehead atoms. The molecule has 0 spiro atoms. The topological polar surface area (TPSA) is 70.1 Å². The summed E-state index contributed by atoms with van der Waals surface area (Å²) in [6.45, 7) is 3.72. The number of rotatable bonds is 5. The molecule has 0 fully saturated rings. The van der Waals surface area contributed by atoms with E-state index >= 15 is 0 Å². The number of hydrogen-bond donors (Lipinski definition) is 1. The summed E-state index contributed by atoms with van der Waals surface area (Å²) in [5.74, 6) is 0. The normalized spacial score (nSPS) is 10.4. The second-order valence-corrected chi connectivity index (χ2v) is 2.96. The summed E-state index contributed by atoms with van der Waals surface area (Å²) in [4.78, 5) is 11.3. The molecule has 5 heteroatoms. The molecule has 0 saturated heterocycles. The Kier molecular flexibility index (Phi) is 4.12. The molecule has 1 aromatic heterocycles. The molecule has 14 heavy (non-hydrogen) atoms. The summed E-state index contributed by atoms with van der Waals surface area (Å²) < 4.78 is 6.58. The van der Waals surface area contributed by atoms with Crippen molar-refractivity contribution in [2.45, 2.75) is 19.9 Å². The van der Waals surface area contributed by atoms with Crippen LogP contribution in [-0.4, -0.2) is 23.0 Å². The van der Waals surface area contributed by atoms with Crippen molar-refractivity contribution >= 4 is 5.69 Å². The zero-order valence-electron chi connectivity index (χ0n) is 8.27. The number of nitrogens with zero attached hydrogens (tertiary/aromatic N) is 2. The quantitative estimate of drug-likeness (QED) is 0.687. The van der Waals surface area contributed by atoms with Crippen molar-refractivity contribution in [2.75, 3.05) is 18.9 Å². The van der Waals surface area contributed by atoms with E-state index in [0.717, 1.165) is 6.42 Å². The van der Waals surface area contributed by atoms with Crippen LogP contribution in [0, 0.1) is 0 Å². The Morgan fingerprint density at radius 2 is 2.36 bits per heavy atom. The molecule has 0 saturated carbocycles. The van der Waals surface area contributed by atoms with Crippen LogP contribution in [0.4, 0.5) is 5.69 Å². The Labute approximate surface area is 82.5 Å². The highest BCUT2D eigenvalue weighted by atomic mass is 16.5. The highest BCUT2D eigenvalue weighted by Crippen LogP contribution is 1.90. The third-order valence-corrected chi connectivity index (χ3v) is 1.69. The molecule has 0 atom stereocenters. The SMILES string of the molecule is CCCOCCn1ncc(N)cc1=O. The Hall–Kier alpha value is -1.36. The fourth-order valence-electron chi connectivity index (χ4n) is 1.01. The number of nitrogen functional groups attached to an aromatic ring is 1. The van der Waals surface area contributed by atoms with E-state index in [1.54, 1.807) is 0 Å². The molecule has 0 unspecified atom stereocenters. The molecule has 78 valence electrons. The molecule has 0 radical (unpaired) electrons. The molecule has 0 aliphatic heterocycles. The van der Waals surface area contributed by atoms with Gasteiger partial charge in [0.05, 0.1) is 25.0 Å². The van der Waals surface area contributed by atoms with Gasteiger partial charge in [-0.2, -0.15) is 5.10 Å². The molecule has 2 N–H and O–H groups in total. The van der Waals surface area contributed by atoms with Crippen LogP contribution in [-0.2, 0) is 11.3 Å². The van der Waals surface area contributed by atoms with E-state index in [9.17, 15) is 4.79 Å². The highest BCUT2D eigenvalue weighted by molar-refractivity contribution is 5.31. The standard InChI is InChI=1S/C9H15N3O2/c1-2-4-14-5-3-12-9(13)6-8(10)7-11-12/h6-7H,2-5,10H2,1H3. The summed E-state index contributed by atoms with van der Waals surface area (Å²) in [7, 11) is 0. The second kappa shape index (κ2) is 5.39. The van der Waals surface area contributed by atoms with Gasteiger partial charge in [-0.3, -0.25) is 4.79 Å². The van der Waals surface area contributed by atoms with Gasteiger partial charge in [-0.05, 0) is 6.42 Å². The lowest BCUT2D eigenvalue weighted by molar-refractivity contribution is 0.123. The van der Waals surface area contributed by atoms with Crippen LogP contribution in [0.25, 0.3) is 0 Å². The summed E-state index contributed by atoms with van der Waals surface area (Å²) in [6, 6.07) is 1.35. The summed E-state index contributed by atoms with van der Waals surface area (Å²) in [6.07, 6.45) is 2.44. The van der Waals surface area contributed by atoms with Crippen molar-refractivity contribution in [1.29, 1.82) is 0 Å². The van der Waals surface area contributed by atoms with E-state index < -0.39 is 0 Å². The van der Waals surface area contributed by atoms with Crippen molar-refractivity contribution in [3.8, 4) is 0 Å². The minimum absolute atomic E-state index is 0.190. The van der Waals surface area contributed by atoms with Crippen molar-refractivity contribution in [1.82, 2.24) is 9.78 Å². The van der Waals surface area contributed by atoms with Crippen LogP contribution < -0.4 is 11.3 Å². The summed E-state index contributed by atoms with van der Waals surface area (Å²) in [5, 5.41) is 3.87. The van der Waals surface area contributed by atoms with Crippen LogP contribution in [0.15, 0.2) is 17.1 Å². The van der Waals surface area contributed by atoms with Gasteiger partial charge < -0.3 is 10.5 Å². The number of anilines is 1.